The van der Waals surface area contributed by atoms with Crippen molar-refractivity contribution in [3.8, 4) is 0 Å². The number of halogens is 3. The molecule has 1 saturated heterocycles. The Bertz CT molecular complexity index is 480. The highest BCUT2D eigenvalue weighted by molar-refractivity contribution is 5.56. The van der Waals surface area contributed by atoms with E-state index in [1.165, 1.54) is 16.0 Å². The lowest BCUT2D eigenvalue weighted by Crippen LogP contribution is -2.57. The predicted octanol–water partition coefficient (Wildman–Crippen LogP) is 2.32. The van der Waals surface area contributed by atoms with Crippen LogP contribution in [0.25, 0.3) is 0 Å². The van der Waals surface area contributed by atoms with Crippen molar-refractivity contribution in [1.82, 2.24) is 4.90 Å². The number of anilines is 1. The van der Waals surface area contributed by atoms with Crippen LogP contribution >= 0.6 is 0 Å². The molecule has 0 saturated carbocycles. The van der Waals surface area contributed by atoms with E-state index in [0.717, 1.165) is 5.69 Å². The molecule has 0 aliphatic carbocycles. The molecule has 0 bridgehead atoms. The maximum absolute atomic E-state index is 12.9. The second-order valence-corrected chi connectivity index (χ2v) is 5.54. The molecule has 1 atom stereocenters. The van der Waals surface area contributed by atoms with Crippen LogP contribution in [0.5, 0.6) is 0 Å². The van der Waals surface area contributed by atoms with Gasteiger partial charge in [0.15, 0.2) is 0 Å². The van der Waals surface area contributed by atoms with Gasteiger partial charge in [-0.25, -0.2) is 0 Å². The van der Waals surface area contributed by atoms with Crippen molar-refractivity contribution >= 4 is 5.69 Å². The third-order valence-corrected chi connectivity index (χ3v) is 4.27. The zero-order valence-corrected chi connectivity index (χ0v) is 12.5. The molecule has 0 radical (unpaired) electrons. The number of nitrogens with two attached hydrogens (primary N) is 1. The van der Waals surface area contributed by atoms with Crippen LogP contribution < -0.4 is 10.6 Å². The Kier molecular flexibility index (Phi) is 4.78. The van der Waals surface area contributed by atoms with Gasteiger partial charge in [0.2, 0.25) is 0 Å². The number of rotatable bonds is 3. The molecule has 6 heteroatoms. The molecular formula is C15H22F3N3. The Labute approximate surface area is 123 Å². The highest BCUT2D eigenvalue weighted by atomic mass is 19.4. The molecule has 0 spiro atoms. The van der Waals surface area contributed by atoms with Gasteiger partial charge < -0.3 is 10.6 Å². The van der Waals surface area contributed by atoms with E-state index in [1.807, 2.05) is 25.1 Å². The van der Waals surface area contributed by atoms with Gasteiger partial charge in [0.25, 0.3) is 0 Å². The first-order valence-electron chi connectivity index (χ1n) is 7.16. The summed E-state index contributed by atoms with van der Waals surface area (Å²) in [5, 5.41) is 0. The standard InChI is InChI=1S/C15H22F3N3/c1-11-4-3-5-13(12(11)2)20-6-8-21(9-7-20)14(10-19)15(16,17)18/h3-5,14H,6-10,19H2,1-2H3. The zero-order valence-electron chi connectivity index (χ0n) is 12.5. The van der Waals surface area contributed by atoms with E-state index in [2.05, 4.69) is 11.8 Å². The van der Waals surface area contributed by atoms with Crippen molar-refractivity contribution in [3.05, 3.63) is 29.3 Å². The molecular weight excluding hydrogens is 279 g/mol. The Hall–Kier alpha value is -1.27. The second-order valence-electron chi connectivity index (χ2n) is 5.54. The minimum absolute atomic E-state index is 0.382. The Balaban J connectivity index is 2.05. The monoisotopic (exact) mass is 301 g/mol. The Morgan fingerprint density at radius 2 is 1.76 bits per heavy atom. The fourth-order valence-electron chi connectivity index (χ4n) is 2.84. The molecule has 1 aliphatic rings. The van der Waals surface area contributed by atoms with Crippen molar-refractivity contribution in [3.63, 3.8) is 0 Å². The van der Waals surface area contributed by atoms with Gasteiger partial charge in [0.05, 0.1) is 0 Å². The zero-order chi connectivity index (χ0) is 15.6. The number of hydrogen-bond acceptors (Lipinski definition) is 3. The number of nitrogens with zero attached hydrogens (tertiary/aromatic N) is 2. The van der Waals surface area contributed by atoms with Gasteiger partial charge in [-0.2, -0.15) is 13.2 Å². The quantitative estimate of drug-likeness (QED) is 0.930. The average Bonchev–Trinajstić information content (AvgIpc) is 2.42. The predicted molar refractivity (Wildman–Crippen MR) is 78.6 cm³/mol. The highest BCUT2D eigenvalue weighted by Gasteiger charge is 2.43. The summed E-state index contributed by atoms with van der Waals surface area (Å²) in [4.78, 5) is 3.60. The number of alkyl halides is 3. The first kappa shape index (κ1) is 16.1. The van der Waals surface area contributed by atoms with E-state index in [1.54, 1.807) is 0 Å². The lowest BCUT2D eigenvalue weighted by molar-refractivity contribution is -0.181. The maximum Gasteiger partial charge on any atom is 0.405 e. The van der Waals surface area contributed by atoms with Crippen molar-refractivity contribution in [2.45, 2.75) is 26.1 Å². The van der Waals surface area contributed by atoms with Gasteiger partial charge >= 0.3 is 6.18 Å². The molecule has 1 fully saturated rings. The third-order valence-electron chi connectivity index (χ3n) is 4.27. The van der Waals surface area contributed by atoms with Crippen LogP contribution in [-0.2, 0) is 0 Å². The SMILES string of the molecule is Cc1cccc(N2CCN(C(CN)C(F)(F)F)CC2)c1C. The summed E-state index contributed by atoms with van der Waals surface area (Å²) >= 11 is 0. The number of benzene rings is 1. The van der Waals surface area contributed by atoms with Crippen LogP contribution in [0, 0.1) is 13.8 Å². The van der Waals surface area contributed by atoms with Crippen LogP contribution in [0.3, 0.4) is 0 Å². The first-order valence-corrected chi connectivity index (χ1v) is 7.16. The molecule has 1 heterocycles. The molecule has 1 unspecified atom stereocenters. The molecule has 1 aromatic carbocycles. The normalized spacial score (nSPS) is 18.9. The Morgan fingerprint density at radius 1 is 1.14 bits per heavy atom. The Morgan fingerprint density at radius 3 is 2.29 bits per heavy atom. The summed E-state index contributed by atoms with van der Waals surface area (Å²) in [6.07, 6.45) is -4.25. The molecule has 0 amide bonds. The molecule has 0 aromatic heterocycles. The average molecular weight is 301 g/mol. The maximum atomic E-state index is 12.9. The first-order chi connectivity index (χ1) is 9.84. The van der Waals surface area contributed by atoms with E-state index in [-0.39, 0.29) is 6.54 Å². The van der Waals surface area contributed by atoms with Gasteiger partial charge in [-0.15, -0.1) is 0 Å². The van der Waals surface area contributed by atoms with Gasteiger partial charge in [-0.1, -0.05) is 12.1 Å². The number of hydrogen-bond donors (Lipinski definition) is 1. The number of piperazine rings is 1. The van der Waals surface area contributed by atoms with E-state index in [0.29, 0.717) is 26.2 Å². The lowest BCUT2D eigenvalue weighted by Gasteiger charge is -2.40. The van der Waals surface area contributed by atoms with Gasteiger partial charge in [0, 0.05) is 38.4 Å². The molecule has 2 rings (SSSR count). The minimum atomic E-state index is -4.25. The molecule has 21 heavy (non-hydrogen) atoms. The van der Waals surface area contributed by atoms with E-state index < -0.39 is 12.2 Å². The van der Waals surface area contributed by atoms with Crippen LogP contribution in [0.15, 0.2) is 18.2 Å². The third kappa shape index (κ3) is 3.49. The van der Waals surface area contributed by atoms with Crippen LogP contribution in [0.1, 0.15) is 11.1 Å². The van der Waals surface area contributed by atoms with Crippen LogP contribution in [-0.4, -0.2) is 49.8 Å². The van der Waals surface area contributed by atoms with Crippen molar-refractivity contribution in [1.29, 1.82) is 0 Å². The molecule has 3 nitrogen and oxygen atoms in total. The van der Waals surface area contributed by atoms with E-state index >= 15 is 0 Å². The molecule has 118 valence electrons. The molecule has 2 N–H and O–H groups in total. The van der Waals surface area contributed by atoms with E-state index in [9.17, 15) is 13.2 Å². The summed E-state index contributed by atoms with van der Waals surface area (Å²) < 4.78 is 38.7. The number of aryl methyl sites for hydroxylation is 1. The van der Waals surface area contributed by atoms with Crippen molar-refractivity contribution in [2.24, 2.45) is 5.73 Å². The molecule has 1 aromatic rings. The van der Waals surface area contributed by atoms with Gasteiger partial charge in [0.1, 0.15) is 6.04 Å². The molecule has 1 aliphatic heterocycles. The summed E-state index contributed by atoms with van der Waals surface area (Å²) in [7, 11) is 0. The summed E-state index contributed by atoms with van der Waals surface area (Å²) in [5.74, 6) is 0. The summed E-state index contributed by atoms with van der Waals surface area (Å²) in [6.45, 7) is 5.67. The van der Waals surface area contributed by atoms with Gasteiger partial charge in [-0.05, 0) is 31.0 Å². The van der Waals surface area contributed by atoms with Crippen molar-refractivity contribution in [2.75, 3.05) is 37.6 Å². The largest absolute Gasteiger partial charge is 0.405 e. The lowest BCUT2D eigenvalue weighted by atomic mass is 10.1. The topological polar surface area (TPSA) is 32.5 Å². The fraction of sp³-hybridized carbons (Fsp3) is 0.600. The van der Waals surface area contributed by atoms with Crippen molar-refractivity contribution < 1.29 is 13.2 Å². The summed E-state index contributed by atoms with van der Waals surface area (Å²) in [6, 6.07) is 4.53. The van der Waals surface area contributed by atoms with Crippen LogP contribution in [0.2, 0.25) is 0 Å². The highest BCUT2D eigenvalue weighted by Crippen LogP contribution is 2.28. The van der Waals surface area contributed by atoms with Gasteiger partial charge in [-0.3, -0.25) is 4.90 Å². The summed E-state index contributed by atoms with van der Waals surface area (Å²) in [5.41, 5.74) is 8.81. The second kappa shape index (κ2) is 6.23. The minimum Gasteiger partial charge on any atom is -0.369 e. The van der Waals surface area contributed by atoms with E-state index in [4.69, 9.17) is 5.73 Å². The van der Waals surface area contributed by atoms with Crippen LogP contribution in [0.4, 0.5) is 18.9 Å². The smallest absolute Gasteiger partial charge is 0.369 e. The fourth-order valence-corrected chi connectivity index (χ4v) is 2.84.